The first-order valence-corrected chi connectivity index (χ1v) is 7.42. The third-order valence-corrected chi connectivity index (χ3v) is 3.36. The molecular formula is C18H17N3O2. The number of amides is 1. The summed E-state index contributed by atoms with van der Waals surface area (Å²) in [5.41, 5.74) is 2.96. The van der Waals surface area contributed by atoms with E-state index in [0.717, 1.165) is 11.3 Å². The van der Waals surface area contributed by atoms with E-state index in [-0.39, 0.29) is 5.91 Å². The van der Waals surface area contributed by atoms with Crippen LogP contribution < -0.4 is 10.1 Å². The number of carbonyl (C=O) groups excluding carboxylic acids is 1. The summed E-state index contributed by atoms with van der Waals surface area (Å²) in [4.78, 5) is 20.6. The van der Waals surface area contributed by atoms with Crippen molar-refractivity contribution in [2.75, 3.05) is 13.2 Å². The Morgan fingerprint density at radius 1 is 1.09 bits per heavy atom. The van der Waals surface area contributed by atoms with Gasteiger partial charge in [0.25, 0.3) is 5.91 Å². The van der Waals surface area contributed by atoms with Crippen molar-refractivity contribution in [2.24, 2.45) is 0 Å². The SMILES string of the molecule is Cc1ccc(OCCNC(=O)c2cnc3ccccc3n2)cc1. The largest absolute Gasteiger partial charge is 0.492 e. The molecule has 0 aliphatic carbocycles. The molecule has 0 bridgehead atoms. The minimum Gasteiger partial charge on any atom is -0.492 e. The van der Waals surface area contributed by atoms with Crippen molar-refractivity contribution in [3.63, 3.8) is 0 Å². The Morgan fingerprint density at radius 3 is 2.61 bits per heavy atom. The van der Waals surface area contributed by atoms with Gasteiger partial charge in [0.15, 0.2) is 0 Å². The molecule has 0 spiro atoms. The molecule has 2 aromatic carbocycles. The molecule has 0 unspecified atom stereocenters. The van der Waals surface area contributed by atoms with Crippen molar-refractivity contribution in [3.8, 4) is 5.75 Å². The summed E-state index contributed by atoms with van der Waals surface area (Å²) in [7, 11) is 0. The first-order valence-electron chi connectivity index (χ1n) is 7.42. The highest BCUT2D eigenvalue weighted by Crippen LogP contribution is 2.11. The smallest absolute Gasteiger partial charge is 0.271 e. The molecule has 0 fully saturated rings. The fourth-order valence-electron chi connectivity index (χ4n) is 2.13. The molecule has 3 rings (SSSR count). The molecule has 1 amide bonds. The molecule has 23 heavy (non-hydrogen) atoms. The van der Waals surface area contributed by atoms with Crippen LogP contribution in [0, 0.1) is 6.92 Å². The number of aromatic nitrogens is 2. The average Bonchev–Trinajstić information content (AvgIpc) is 2.59. The van der Waals surface area contributed by atoms with Gasteiger partial charge in [-0.15, -0.1) is 0 Å². The van der Waals surface area contributed by atoms with E-state index in [1.807, 2.05) is 55.5 Å². The Morgan fingerprint density at radius 2 is 1.83 bits per heavy atom. The molecule has 0 atom stereocenters. The minimum atomic E-state index is -0.254. The highest BCUT2D eigenvalue weighted by Gasteiger charge is 2.08. The van der Waals surface area contributed by atoms with Crippen molar-refractivity contribution in [2.45, 2.75) is 6.92 Å². The Labute approximate surface area is 134 Å². The Kier molecular flexibility index (Phi) is 4.47. The summed E-state index contributed by atoms with van der Waals surface area (Å²) in [6.07, 6.45) is 1.48. The third-order valence-electron chi connectivity index (χ3n) is 3.36. The van der Waals surface area contributed by atoms with Crippen LogP contribution in [0.25, 0.3) is 11.0 Å². The first-order chi connectivity index (χ1) is 11.2. The maximum absolute atomic E-state index is 12.1. The summed E-state index contributed by atoms with van der Waals surface area (Å²) in [6, 6.07) is 15.2. The van der Waals surface area contributed by atoms with Crippen LogP contribution in [-0.2, 0) is 0 Å². The van der Waals surface area contributed by atoms with Crippen LogP contribution in [0.15, 0.2) is 54.7 Å². The lowest BCUT2D eigenvalue weighted by atomic mass is 10.2. The normalized spacial score (nSPS) is 10.5. The molecule has 1 heterocycles. The lowest BCUT2D eigenvalue weighted by Gasteiger charge is -2.08. The number of aryl methyl sites for hydroxylation is 1. The van der Waals surface area contributed by atoms with Gasteiger partial charge in [-0.2, -0.15) is 0 Å². The number of para-hydroxylation sites is 2. The Bertz CT molecular complexity index is 816. The Balaban J connectivity index is 1.53. The maximum atomic E-state index is 12.1. The summed E-state index contributed by atoms with van der Waals surface area (Å²) in [5.74, 6) is 0.533. The van der Waals surface area contributed by atoms with E-state index in [0.29, 0.717) is 24.4 Å². The van der Waals surface area contributed by atoms with E-state index < -0.39 is 0 Å². The molecular weight excluding hydrogens is 290 g/mol. The summed E-state index contributed by atoms with van der Waals surface area (Å²) < 4.78 is 5.57. The zero-order chi connectivity index (χ0) is 16.1. The quantitative estimate of drug-likeness (QED) is 0.736. The van der Waals surface area contributed by atoms with Gasteiger partial charge >= 0.3 is 0 Å². The van der Waals surface area contributed by atoms with Crippen LogP contribution in [0.1, 0.15) is 16.1 Å². The molecule has 0 aliphatic heterocycles. The summed E-state index contributed by atoms with van der Waals surface area (Å²) in [5, 5.41) is 2.78. The van der Waals surface area contributed by atoms with E-state index in [9.17, 15) is 4.79 Å². The fraction of sp³-hybridized carbons (Fsp3) is 0.167. The van der Waals surface area contributed by atoms with Crippen LogP contribution in [0.5, 0.6) is 5.75 Å². The highest BCUT2D eigenvalue weighted by atomic mass is 16.5. The number of nitrogens with zero attached hydrogens (tertiary/aromatic N) is 2. The molecule has 1 N–H and O–H groups in total. The van der Waals surface area contributed by atoms with Gasteiger partial charge in [-0.3, -0.25) is 9.78 Å². The number of hydrogen-bond acceptors (Lipinski definition) is 4. The van der Waals surface area contributed by atoms with E-state index in [4.69, 9.17) is 4.74 Å². The summed E-state index contributed by atoms with van der Waals surface area (Å²) in [6.45, 7) is 2.83. The maximum Gasteiger partial charge on any atom is 0.271 e. The van der Waals surface area contributed by atoms with Crippen LogP contribution in [0.2, 0.25) is 0 Å². The van der Waals surface area contributed by atoms with Gasteiger partial charge in [0.2, 0.25) is 0 Å². The lowest BCUT2D eigenvalue weighted by Crippen LogP contribution is -2.28. The fourth-order valence-corrected chi connectivity index (χ4v) is 2.13. The van der Waals surface area contributed by atoms with Crippen LogP contribution in [-0.4, -0.2) is 29.0 Å². The van der Waals surface area contributed by atoms with Gasteiger partial charge < -0.3 is 10.1 Å². The van der Waals surface area contributed by atoms with Crippen molar-refractivity contribution in [3.05, 3.63) is 66.0 Å². The molecule has 0 saturated heterocycles. The van der Waals surface area contributed by atoms with Crippen molar-refractivity contribution in [1.82, 2.24) is 15.3 Å². The van der Waals surface area contributed by atoms with E-state index in [2.05, 4.69) is 15.3 Å². The average molecular weight is 307 g/mol. The van der Waals surface area contributed by atoms with E-state index >= 15 is 0 Å². The van der Waals surface area contributed by atoms with Crippen molar-refractivity contribution < 1.29 is 9.53 Å². The van der Waals surface area contributed by atoms with E-state index in [1.165, 1.54) is 11.8 Å². The number of carbonyl (C=O) groups is 1. The van der Waals surface area contributed by atoms with Crippen LogP contribution in [0.3, 0.4) is 0 Å². The lowest BCUT2D eigenvalue weighted by molar-refractivity contribution is 0.0942. The molecule has 1 aromatic heterocycles. The second-order valence-corrected chi connectivity index (χ2v) is 5.16. The number of hydrogen-bond donors (Lipinski definition) is 1. The topological polar surface area (TPSA) is 64.1 Å². The number of fused-ring (bicyclic) bond motifs is 1. The third kappa shape index (κ3) is 3.83. The van der Waals surface area contributed by atoms with Gasteiger partial charge in [0, 0.05) is 0 Å². The second-order valence-electron chi connectivity index (χ2n) is 5.16. The predicted molar refractivity (Wildman–Crippen MR) is 88.5 cm³/mol. The van der Waals surface area contributed by atoms with Gasteiger partial charge in [-0.05, 0) is 31.2 Å². The minimum absolute atomic E-state index is 0.254. The summed E-state index contributed by atoms with van der Waals surface area (Å²) >= 11 is 0. The number of ether oxygens (including phenoxy) is 1. The highest BCUT2D eigenvalue weighted by molar-refractivity contribution is 5.93. The van der Waals surface area contributed by atoms with Crippen LogP contribution >= 0.6 is 0 Å². The number of rotatable bonds is 5. The number of nitrogens with one attached hydrogen (secondary N) is 1. The van der Waals surface area contributed by atoms with E-state index in [1.54, 1.807) is 0 Å². The standard InChI is InChI=1S/C18H17N3O2/c1-13-6-8-14(9-7-13)23-11-10-19-18(22)17-12-20-15-4-2-3-5-16(15)21-17/h2-9,12H,10-11H2,1H3,(H,19,22). The van der Waals surface area contributed by atoms with Gasteiger partial charge in [0.05, 0.1) is 23.8 Å². The predicted octanol–water partition coefficient (Wildman–Crippen LogP) is 2.75. The Hall–Kier alpha value is -2.95. The van der Waals surface area contributed by atoms with Crippen molar-refractivity contribution in [1.29, 1.82) is 0 Å². The van der Waals surface area contributed by atoms with Gasteiger partial charge in [-0.1, -0.05) is 29.8 Å². The van der Waals surface area contributed by atoms with Crippen molar-refractivity contribution >= 4 is 16.9 Å². The monoisotopic (exact) mass is 307 g/mol. The zero-order valence-corrected chi connectivity index (χ0v) is 12.8. The first kappa shape index (κ1) is 15.0. The molecule has 5 nitrogen and oxygen atoms in total. The molecule has 0 saturated carbocycles. The molecule has 0 aliphatic rings. The molecule has 5 heteroatoms. The number of benzene rings is 2. The zero-order valence-electron chi connectivity index (χ0n) is 12.8. The van der Waals surface area contributed by atoms with Crippen LogP contribution in [0.4, 0.5) is 0 Å². The molecule has 3 aromatic rings. The molecule has 116 valence electrons. The molecule has 0 radical (unpaired) electrons. The van der Waals surface area contributed by atoms with Gasteiger partial charge in [0.1, 0.15) is 18.1 Å². The second kappa shape index (κ2) is 6.87. The van der Waals surface area contributed by atoms with Gasteiger partial charge in [-0.25, -0.2) is 4.98 Å².